The van der Waals surface area contributed by atoms with Crippen LogP contribution in [0.4, 0.5) is 0 Å². The second-order valence-electron chi connectivity index (χ2n) is 8.26. The molecule has 0 spiro atoms. The molecule has 0 atom stereocenters. The van der Waals surface area contributed by atoms with Gasteiger partial charge in [0.15, 0.2) is 11.8 Å². The number of nitrogens with zero attached hydrogens (tertiary/aromatic N) is 5. The van der Waals surface area contributed by atoms with Crippen molar-refractivity contribution in [3.8, 4) is 11.6 Å². The van der Waals surface area contributed by atoms with E-state index in [1.807, 2.05) is 18.2 Å². The summed E-state index contributed by atoms with van der Waals surface area (Å²) >= 11 is 0. The van der Waals surface area contributed by atoms with Gasteiger partial charge in [0.2, 0.25) is 0 Å². The fourth-order valence-corrected chi connectivity index (χ4v) is 3.88. The third-order valence-corrected chi connectivity index (χ3v) is 5.63. The van der Waals surface area contributed by atoms with Crippen LogP contribution in [0, 0.1) is 0 Å². The molecule has 0 radical (unpaired) electrons. The summed E-state index contributed by atoms with van der Waals surface area (Å²) in [5, 5.41) is 10.7. The van der Waals surface area contributed by atoms with E-state index < -0.39 is 0 Å². The van der Waals surface area contributed by atoms with Crippen molar-refractivity contribution in [2.24, 2.45) is 4.99 Å². The molecule has 182 valence electrons. The van der Waals surface area contributed by atoms with E-state index >= 15 is 0 Å². The highest BCUT2D eigenvalue weighted by atomic mass is 127. The zero-order chi connectivity index (χ0) is 22.7. The monoisotopic (exact) mass is 575 g/mol. The molecule has 0 aliphatic carbocycles. The summed E-state index contributed by atoms with van der Waals surface area (Å²) in [4.78, 5) is 15.9. The minimum Gasteiger partial charge on any atom is -0.357 e. The summed E-state index contributed by atoms with van der Waals surface area (Å²) in [6, 6.07) is 14.4. The maximum atomic E-state index is 5.32. The van der Waals surface area contributed by atoms with Gasteiger partial charge < -0.3 is 15.2 Å². The lowest BCUT2D eigenvalue weighted by Gasteiger charge is -2.26. The Morgan fingerprint density at radius 1 is 1.03 bits per heavy atom. The zero-order valence-corrected chi connectivity index (χ0v) is 22.1. The number of hydrogen-bond acceptors (Lipinski definition) is 6. The van der Waals surface area contributed by atoms with Crippen molar-refractivity contribution in [1.29, 1.82) is 0 Å². The van der Waals surface area contributed by atoms with Gasteiger partial charge in [-0.3, -0.25) is 9.88 Å². The molecule has 9 heteroatoms. The van der Waals surface area contributed by atoms with Gasteiger partial charge in [0, 0.05) is 32.3 Å². The summed E-state index contributed by atoms with van der Waals surface area (Å²) in [6.07, 6.45) is 6.36. The Labute approximate surface area is 218 Å². The summed E-state index contributed by atoms with van der Waals surface area (Å²) in [7, 11) is 0. The molecule has 0 amide bonds. The topological polar surface area (TPSA) is 91.5 Å². The van der Waals surface area contributed by atoms with E-state index in [9.17, 15) is 0 Å². The van der Waals surface area contributed by atoms with Gasteiger partial charge in [0.25, 0.3) is 5.89 Å². The van der Waals surface area contributed by atoms with Gasteiger partial charge in [0.05, 0.1) is 6.54 Å². The number of aromatic nitrogens is 3. The van der Waals surface area contributed by atoms with E-state index in [4.69, 9.17) is 9.52 Å². The maximum absolute atomic E-state index is 5.32. The molecule has 1 aliphatic rings. The first-order valence-corrected chi connectivity index (χ1v) is 11.9. The van der Waals surface area contributed by atoms with Crippen LogP contribution in [0.5, 0.6) is 0 Å². The van der Waals surface area contributed by atoms with Gasteiger partial charge in [-0.2, -0.15) is 4.98 Å². The second kappa shape index (κ2) is 14.0. The summed E-state index contributed by atoms with van der Waals surface area (Å²) in [5.41, 5.74) is 3.26. The largest absolute Gasteiger partial charge is 0.357 e. The number of rotatable bonds is 9. The lowest BCUT2D eigenvalue weighted by molar-refractivity contribution is 0.221. The number of likely N-dealkylation sites (tertiary alicyclic amines) is 1. The van der Waals surface area contributed by atoms with Crippen LogP contribution in [0.25, 0.3) is 11.6 Å². The number of halogens is 1. The van der Waals surface area contributed by atoms with Gasteiger partial charge in [-0.05, 0) is 56.1 Å². The van der Waals surface area contributed by atoms with Crippen molar-refractivity contribution in [3.05, 3.63) is 65.6 Å². The van der Waals surface area contributed by atoms with E-state index in [1.54, 1.807) is 6.20 Å². The Morgan fingerprint density at radius 2 is 1.82 bits per heavy atom. The van der Waals surface area contributed by atoms with Crippen LogP contribution in [0.2, 0.25) is 0 Å². The predicted molar refractivity (Wildman–Crippen MR) is 145 cm³/mol. The molecular weight excluding hydrogens is 541 g/mol. The van der Waals surface area contributed by atoms with Crippen molar-refractivity contribution < 1.29 is 4.52 Å². The van der Waals surface area contributed by atoms with Gasteiger partial charge in [-0.15, -0.1) is 24.0 Å². The Balaban J connectivity index is 0.00000324. The molecule has 0 unspecified atom stereocenters. The first-order valence-electron chi connectivity index (χ1n) is 11.9. The van der Waals surface area contributed by atoms with E-state index in [2.05, 4.69) is 61.8 Å². The number of pyridine rings is 1. The summed E-state index contributed by atoms with van der Waals surface area (Å²) in [5.74, 6) is 1.86. The second-order valence-corrected chi connectivity index (χ2v) is 8.26. The molecule has 1 aliphatic heterocycles. The van der Waals surface area contributed by atoms with E-state index in [0.717, 1.165) is 19.0 Å². The molecule has 1 aromatic carbocycles. The molecule has 4 rings (SSSR count). The fourth-order valence-electron chi connectivity index (χ4n) is 3.88. The molecule has 2 aromatic heterocycles. The number of aliphatic imine (C=N–C) groups is 1. The smallest absolute Gasteiger partial charge is 0.276 e. The third kappa shape index (κ3) is 8.05. The van der Waals surface area contributed by atoms with Crippen molar-refractivity contribution in [2.45, 2.75) is 45.7 Å². The highest BCUT2D eigenvalue weighted by Crippen LogP contribution is 2.14. The number of hydrogen-bond donors (Lipinski definition) is 2. The molecular formula is C25H34IN7O. The van der Waals surface area contributed by atoms with Crippen molar-refractivity contribution in [2.75, 3.05) is 26.2 Å². The van der Waals surface area contributed by atoms with Crippen molar-refractivity contribution in [3.63, 3.8) is 0 Å². The van der Waals surface area contributed by atoms with Gasteiger partial charge >= 0.3 is 0 Å². The maximum Gasteiger partial charge on any atom is 0.276 e. The molecule has 34 heavy (non-hydrogen) atoms. The van der Waals surface area contributed by atoms with Gasteiger partial charge in [-0.1, -0.05) is 41.9 Å². The van der Waals surface area contributed by atoms with Crippen LogP contribution in [-0.4, -0.2) is 52.2 Å². The molecule has 2 N–H and O–H groups in total. The quantitative estimate of drug-likeness (QED) is 0.226. The SMILES string of the molecule is CCNC(=NCc1ccc(CN2CCCCC2)cc1)NCCc1noc(-c2ccccn2)n1.I. The Hall–Kier alpha value is -2.53. The average molecular weight is 575 g/mol. The molecule has 0 bridgehead atoms. The Bertz CT molecular complexity index is 1000. The number of benzene rings is 1. The lowest BCUT2D eigenvalue weighted by atomic mass is 10.1. The van der Waals surface area contributed by atoms with Crippen LogP contribution in [-0.2, 0) is 19.5 Å². The minimum absolute atomic E-state index is 0. The fraction of sp³-hybridized carbons (Fsp3) is 0.440. The highest BCUT2D eigenvalue weighted by Gasteiger charge is 2.11. The van der Waals surface area contributed by atoms with Gasteiger partial charge in [-0.25, -0.2) is 4.99 Å². The zero-order valence-electron chi connectivity index (χ0n) is 19.7. The van der Waals surface area contributed by atoms with Crippen molar-refractivity contribution >= 4 is 29.9 Å². The predicted octanol–water partition coefficient (Wildman–Crippen LogP) is 4.03. The molecule has 3 aromatic rings. The first-order chi connectivity index (χ1) is 16.3. The minimum atomic E-state index is 0. The van der Waals surface area contributed by atoms with Crippen LogP contribution < -0.4 is 10.6 Å². The summed E-state index contributed by atoms with van der Waals surface area (Å²) in [6.45, 7) is 7.63. The summed E-state index contributed by atoms with van der Waals surface area (Å²) < 4.78 is 5.32. The van der Waals surface area contributed by atoms with Crippen LogP contribution in [0.1, 0.15) is 43.1 Å². The Morgan fingerprint density at radius 3 is 2.56 bits per heavy atom. The van der Waals surface area contributed by atoms with E-state index in [0.29, 0.717) is 36.9 Å². The normalized spacial score (nSPS) is 14.4. The van der Waals surface area contributed by atoms with E-state index in [-0.39, 0.29) is 24.0 Å². The lowest BCUT2D eigenvalue weighted by Crippen LogP contribution is -2.38. The van der Waals surface area contributed by atoms with Crippen LogP contribution in [0.3, 0.4) is 0 Å². The average Bonchev–Trinajstić information content (AvgIpc) is 3.34. The Kier molecular flexibility index (Phi) is 10.7. The molecule has 8 nitrogen and oxygen atoms in total. The highest BCUT2D eigenvalue weighted by molar-refractivity contribution is 14.0. The van der Waals surface area contributed by atoms with E-state index in [1.165, 1.54) is 43.5 Å². The molecule has 1 fully saturated rings. The molecule has 3 heterocycles. The number of nitrogens with one attached hydrogen (secondary N) is 2. The van der Waals surface area contributed by atoms with Crippen molar-refractivity contribution in [1.82, 2.24) is 30.7 Å². The third-order valence-electron chi connectivity index (χ3n) is 5.63. The van der Waals surface area contributed by atoms with Crippen LogP contribution in [0.15, 0.2) is 58.2 Å². The number of guanidine groups is 1. The number of piperidine rings is 1. The standard InChI is InChI=1S/C25H33N7O.HI/c1-2-26-25(28-15-13-23-30-24(33-31-23)22-8-4-5-14-27-22)29-18-20-9-11-21(12-10-20)19-32-16-6-3-7-17-32;/h4-5,8-12,14H,2-3,6-7,13,15-19H2,1H3,(H2,26,28,29);1H. The molecule has 0 saturated carbocycles. The van der Waals surface area contributed by atoms with Gasteiger partial charge in [0.1, 0.15) is 5.69 Å². The molecule has 1 saturated heterocycles. The van der Waals surface area contributed by atoms with Crippen LogP contribution >= 0.6 is 24.0 Å². The first kappa shape index (κ1) is 26.1.